The maximum absolute atomic E-state index is 4.36. The number of rotatable bonds is 3. The minimum atomic E-state index is 0.212. The highest BCUT2D eigenvalue weighted by Gasteiger charge is 2.26. The highest BCUT2D eigenvalue weighted by Crippen LogP contribution is 2.33. The Bertz CT molecular complexity index is 313. The van der Waals surface area contributed by atoms with E-state index in [0.29, 0.717) is 6.04 Å². The normalized spacial score (nSPS) is 13.9. The Hall–Kier alpha value is -0.890. The van der Waals surface area contributed by atoms with Gasteiger partial charge in [0.1, 0.15) is 0 Å². The number of nitrogens with one attached hydrogen (secondary N) is 1. The Labute approximate surface area is 93.1 Å². The third kappa shape index (κ3) is 3.03. The molecule has 0 spiro atoms. The highest BCUT2D eigenvalue weighted by atomic mass is 14.9. The van der Waals surface area contributed by atoms with Crippen LogP contribution in [0.4, 0.5) is 0 Å². The van der Waals surface area contributed by atoms with Gasteiger partial charge in [0.2, 0.25) is 0 Å². The van der Waals surface area contributed by atoms with Crippen molar-refractivity contribution in [2.24, 2.45) is 5.41 Å². The second-order valence-corrected chi connectivity index (χ2v) is 5.03. The van der Waals surface area contributed by atoms with E-state index in [0.717, 1.165) is 12.2 Å². The molecule has 1 rings (SSSR count). The molecule has 0 fully saturated rings. The molecule has 1 aromatic rings. The van der Waals surface area contributed by atoms with Crippen molar-refractivity contribution in [1.29, 1.82) is 0 Å². The minimum Gasteiger partial charge on any atom is -0.310 e. The summed E-state index contributed by atoms with van der Waals surface area (Å²) < 4.78 is 0. The van der Waals surface area contributed by atoms with Crippen LogP contribution in [0.2, 0.25) is 0 Å². The summed E-state index contributed by atoms with van der Waals surface area (Å²) in [7, 11) is 0. The molecule has 0 amide bonds. The Morgan fingerprint density at radius 3 is 2.53 bits per heavy atom. The van der Waals surface area contributed by atoms with E-state index in [4.69, 9.17) is 0 Å². The first-order valence-electron chi connectivity index (χ1n) is 5.61. The molecule has 0 saturated heterocycles. The number of nitrogens with zero attached hydrogens (tertiary/aromatic N) is 1. The second-order valence-electron chi connectivity index (χ2n) is 5.03. The van der Waals surface area contributed by atoms with Gasteiger partial charge in [-0.1, -0.05) is 33.8 Å². The van der Waals surface area contributed by atoms with Crippen LogP contribution in [0.1, 0.15) is 45.0 Å². The first kappa shape index (κ1) is 12.2. The van der Waals surface area contributed by atoms with Gasteiger partial charge in [0.25, 0.3) is 0 Å². The number of pyridine rings is 1. The van der Waals surface area contributed by atoms with E-state index in [9.17, 15) is 0 Å². The van der Waals surface area contributed by atoms with Crippen molar-refractivity contribution in [3.05, 3.63) is 29.6 Å². The number of hydrogen-bond acceptors (Lipinski definition) is 2. The Morgan fingerprint density at radius 2 is 2.07 bits per heavy atom. The van der Waals surface area contributed by atoms with Gasteiger partial charge in [-0.25, -0.2) is 0 Å². The molecular weight excluding hydrogens is 184 g/mol. The standard InChI is InChI=1S/C13H22N2/c1-6-14-12(13(3,4)5)11-8-7-9-15-10(11)2/h7-9,12,14H,6H2,1-5H3. The van der Waals surface area contributed by atoms with Crippen molar-refractivity contribution in [2.45, 2.75) is 40.7 Å². The van der Waals surface area contributed by atoms with Crippen LogP contribution in [0.25, 0.3) is 0 Å². The predicted molar refractivity (Wildman–Crippen MR) is 64.8 cm³/mol. The largest absolute Gasteiger partial charge is 0.310 e. The zero-order valence-corrected chi connectivity index (χ0v) is 10.5. The van der Waals surface area contributed by atoms with E-state index in [1.54, 1.807) is 0 Å². The van der Waals surface area contributed by atoms with Crippen molar-refractivity contribution in [3.8, 4) is 0 Å². The summed E-state index contributed by atoms with van der Waals surface area (Å²) in [5.74, 6) is 0. The van der Waals surface area contributed by atoms with Gasteiger partial charge in [0.15, 0.2) is 0 Å². The molecule has 0 bridgehead atoms. The summed E-state index contributed by atoms with van der Waals surface area (Å²) in [6, 6.07) is 4.55. The van der Waals surface area contributed by atoms with Crippen molar-refractivity contribution < 1.29 is 0 Å². The van der Waals surface area contributed by atoms with Gasteiger partial charge in [-0.3, -0.25) is 4.98 Å². The summed E-state index contributed by atoms with van der Waals surface area (Å²) in [6.07, 6.45) is 1.85. The molecule has 2 nitrogen and oxygen atoms in total. The average Bonchev–Trinajstić information content (AvgIpc) is 2.14. The van der Waals surface area contributed by atoms with Crippen molar-refractivity contribution >= 4 is 0 Å². The minimum absolute atomic E-state index is 0.212. The Morgan fingerprint density at radius 1 is 1.40 bits per heavy atom. The lowest BCUT2D eigenvalue weighted by molar-refractivity contribution is 0.275. The molecule has 1 aromatic heterocycles. The van der Waals surface area contributed by atoms with Gasteiger partial charge >= 0.3 is 0 Å². The highest BCUT2D eigenvalue weighted by molar-refractivity contribution is 5.24. The maximum atomic E-state index is 4.36. The lowest BCUT2D eigenvalue weighted by atomic mass is 9.82. The quantitative estimate of drug-likeness (QED) is 0.822. The van der Waals surface area contributed by atoms with Crippen LogP contribution >= 0.6 is 0 Å². The van der Waals surface area contributed by atoms with Crippen molar-refractivity contribution in [3.63, 3.8) is 0 Å². The molecule has 0 aliphatic carbocycles. The molecule has 15 heavy (non-hydrogen) atoms. The molecule has 0 aromatic carbocycles. The van der Waals surface area contributed by atoms with Crippen LogP contribution in [0.3, 0.4) is 0 Å². The zero-order chi connectivity index (χ0) is 11.5. The van der Waals surface area contributed by atoms with Gasteiger partial charge in [-0.15, -0.1) is 0 Å². The summed E-state index contributed by atoms with van der Waals surface area (Å²) in [5, 5.41) is 3.54. The Kier molecular flexibility index (Phi) is 3.86. The van der Waals surface area contributed by atoms with Crippen molar-refractivity contribution in [1.82, 2.24) is 10.3 Å². The molecular formula is C13H22N2. The van der Waals surface area contributed by atoms with Crippen LogP contribution in [-0.4, -0.2) is 11.5 Å². The van der Waals surface area contributed by atoms with E-state index >= 15 is 0 Å². The van der Waals surface area contributed by atoms with Gasteiger partial charge in [0, 0.05) is 17.9 Å². The van der Waals surface area contributed by atoms with E-state index in [1.807, 2.05) is 12.3 Å². The number of aryl methyl sites for hydroxylation is 1. The summed E-state index contributed by atoms with van der Waals surface area (Å²) in [4.78, 5) is 4.36. The molecule has 0 aliphatic rings. The van der Waals surface area contributed by atoms with E-state index in [1.165, 1.54) is 5.56 Å². The lowest BCUT2D eigenvalue weighted by Gasteiger charge is -2.32. The van der Waals surface area contributed by atoms with Crippen LogP contribution in [-0.2, 0) is 0 Å². The fourth-order valence-corrected chi connectivity index (χ4v) is 1.89. The molecule has 0 saturated carbocycles. The zero-order valence-electron chi connectivity index (χ0n) is 10.5. The van der Waals surface area contributed by atoms with Crippen molar-refractivity contribution in [2.75, 3.05) is 6.54 Å². The summed E-state index contributed by atoms with van der Waals surface area (Å²) >= 11 is 0. The smallest absolute Gasteiger partial charge is 0.0420 e. The first-order chi connectivity index (χ1) is 6.96. The molecule has 84 valence electrons. The van der Waals surface area contributed by atoms with Crippen LogP contribution < -0.4 is 5.32 Å². The molecule has 1 N–H and O–H groups in total. The predicted octanol–water partition coefficient (Wildman–Crippen LogP) is 3.09. The van der Waals surface area contributed by atoms with E-state index in [-0.39, 0.29) is 5.41 Å². The number of hydrogen-bond donors (Lipinski definition) is 1. The monoisotopic (exact) mass is 206 g/mol. The molecule has 0 aliphatic heterocycles. The summed E-state index contributed by atoms with van der Waals surface area (Å²) in [6.45, 7) is 12.0. The SMILES string of the molecule is CCNC(c1cccnc1C)C(C)(C)C. The van der Waals surface area contributed by atoms with Crippen LogP contribution in [0.5, 0.6) is 0 Å². The molecule has 0 radical (unpaired) electrons. The maximum Gasteiger partial charge on any atom is 0.0420 e. The third-order valence-electron chi connectivity index (χ3n) is 2.63. The molecule has 1 atom stereocenters. The Balaban J connectivity index is 3.05. The average molecular weight is 206 g/mol. The third-order valence-corrected chi connectivity index (χ3v) is 2.63. The first-order valence-corrected chi connectivity index (χ1v) is 5.61. The van der Waals surface area contributed by atoms with Gasteiger partial charge in [-0.05, 0) is 30.5 Å². The summed E-state index contributed by atoms with van der Waals surface area (Å²) in [5.41, 5.74) is 2.65. The van der Waals surface area contributed by atoms with Gasteiger partial charge in [-0.2, -0.15) is 0 Å². The van der Waals surface area contributed by atoms with E-state index < -0.39 is 0 Å². The van der Waals surface area contributed by atoms with Gasteiger partial charge in [0.05, 0.1) is 0 Å². The fraction of sp³-hybridized carbons (Fsp3) is 0.615. The molecule has 2 heteroatoms. The lowest BCUT2D eigenvalue weighted by Crippen LogP contribution is -2.32. The molecule has 1 heterocycles. The second kappa shape index (κ2) is 4.75. The topological polar surface area (TPSA) is 24.9 Å². The fourth-order valence-electron chi connectivity index (χ4n) is 1.89. The van der Waals surface area contributed by atoms with E-state index in [2.05, 4.69) is 51.0 Å². The van der Waals surface area contributed by atoms with Gasteiger partial charge < -0.3 is 5.32 Å². The number of aromatic nitrogens is 1. The van der Waals surface area contributed by atoms with Crippen LogP contribution in [0, 0.1) is 12.3 Å². The molecule has 1 unspecified atom stereocenters. The van der Waals surface area contributed by atoms with Crippen LogP contribution in [0.15, 0.2) is 18.3 Å².